The summed E-state index contributed by atoms with van der Waals surface area (Å²) in [6.07, 6.45) is 3.58. The molecule has 2 rings (SSSR count). The number of nitrogens with one attached hydrogen (secondary N) is 2. The van der Waals surface area contributed by atoms with Gasteiger partial charge < -0.3 is 5.41 Å². The lowest BCUT2D eigenvalue weighted by Gasteiger charge is -2.25. The molecule has 0 amide bonds. The average molecular weight is 287 g/mol. The molecule has 0 unspecified atom stereocenters. The summed E-state index contributed by atoms with van der Waals surface area (Å²) in [5.74, 6) is 0. The Labute approximate surface area is 101 Å². The lowest BCUT2D eigenvalue weighted by atomic mass is 10.3. The molecule has 0 saturated heterocycles. The van der Waals surface area contributed by atoms with Gasteiger partial charge in [-0.25, -0.2) is 5.43 Å². The van der Waals surface area contributed by atoms with E-state index in [0.29, 0.717) is 17.3 Å². The van der Waals surface area contributed by atoms with Crippen LogP contribution in [-0.2, 0) is 0 Å². The molecule has 1 heterocycles. The fraction of sp³-hybridized carbons (Fsp3) is 0.100. The molecule has 5 heteroatoms. The molecule has 0 radical (unpaired) electrons. The Hall–Kier alpha value is -0.840. The van der Waals surface area contributed by atoms with Crippen molar-refractivity contribution in [2.75, 3.05) is 11.6 Å². The second kappa shape index (κ2) is 4.35. The number of hydrogen-bond acceptors (Lipinski definition) is 3. The Bertz CT molecular complexity index is 431. The van der Waals surface area contributed by atoms with Crippen LogP contribution < -0.4 is 10.4 Å². The molecule has 0 saturated carbocycles. The van der Waals surface area contributed by atoms with Gasteiger partial charge in [-0.2, -0.15) is 0 Å². The van der Waals surface area contributed by atoms with E-state index in [1.807, 2.05) is 29.4 Å². The molecule has 78 valence electrons. The van der Waals surface area contributed by atoms with E-state index >= 15 is 0 Å². The molecule has 1 aromatic carbocycles. The minimum atomic E-state index is 0.538. The Morgan fingerprint density at radius 1 is 1.47 bits per heavy atom. The maximum atomic E-state index is 7.41. The molecule has 0 atom stereocenters. The van der Waals surface area contributed by atoms with Crippen LogP contribution in [0, 0.1) is 5.41 Å². The lowest BCUT2D eigenvalue weighted by molar-refractivity contribution is 0.772. The highest BCUT2D eigenvalue weighted by Gasteiger charge is 2.09. The van der Waals surface area contributed by atoms with E-state index in [9.17, 15) is 0 Å². The third-order valence-electron chi connectivity index (χ3n) is 2.05. The van der Waals surface area contributed by atoms with Crippen LogP contribution in [0.4, 0.5) is 5.69 Å². The van der Waals surface area contributed by atoms with E-state index in [2.05, 4.69) is 21.4 Å². The van der Waals surface area contributed by atoms with E-state index in [0.717, 1.165) is 10.2 Å². The highest BCUT2D eigenvalue weighted by Crippen LogP contribution is 2.27. The summed E-state index contributed by atoms with van der Waals surface area (Å²) in [5, 5.41) is 9.96. The van der Waals surface area contributed by atoms with E-state index < -0.39 is 0 Å². The smallest absolute Gasteiger partial charge is 0.0583 e. The first-order valence-electron chi connectivity index (χ1n) is 4.40. The van der Waals surface area contributed by atoms with Crippen LogP contribution in [0.5, 0.6) is 0 Å². The van der Waals surface area contributed by atoms with Crippen molar-refractivity contribution >= 4 is 38.9 Å². The number of nitrogens with zero attached hydrogens (tertiary/aromatic N) is 1. The molecule has 0 aromatic heterocycles. The predicted molar refractivity (Wildman–Crippen MR) is 66.5 cm³/mol. The Morgan fingerprint density at radius 3 is 2.87 bits per heavy atom. The van der Waals surface area contributed by atoms with E-state index in [1.165, 1.54) is 0 Å². The van der Waals surface area contributed by atoms with Crippen molar-refractivity contribution in [2.24, 2.45) is 0 Å². The van der Waals surface area contributed by atoms with Gasteiger partial charge in [0.25, 0.3) is 0 Å². The predicted octanol–water partition coefficient (Wildman–Crippen LogP) is 2.96. The fourth-order valence-electron chi connectivity index (χ4n) is 1.26. The van der Waals surface area contributed by atoms with Crippen LogP contribution in [0.2, 0.25) is 5.02 Å². The Morgan fingerprint density at radius 2 is 2.27 bits per heavy atom. The number of halogens is 2. The van der Waals surface area contributed by atoms with Crippen molar-refractivity contribution < 1.29 is 0 Å². The van der Waals surface area contributed by atoms with Crippen molar-refractivity contribution in [3.8, 4) is 0 Å². The second-order valence-corrected chi connectivity index (χ2v) is 4.41. The van der Waals surface area contributed by atoms with E-state index in [1.54, 1.807) is 6.08 Å². The zero-order valence-corrected chi connectivity index (χ0v) is 10.1. The number of hydrazine groups is 1. The SMILES string of the molecule is N=C1C=CN(c2ccc(Cl)c(Br)c2)NC1. The lowest BCUT2D eigenvalue weighted by Crippen LogP contribution is -2.40. The van der Waals surface area contributed by atoms with Crippen molar-refractivity contribution in [3.05, 3.63) is 40.0 Å². The van der Waals surface area contributed by atoms with Crippen LogP contribution in [0.15, 0.2) is 34.9 Å². The van der Waals surface area contributed by atoms with Gasteiger partial charge in [0.15, 0.2) is 0 Å². The number of benzene rings is 1. The zero-order chi connectivity index (χ0) is 10.8. The van der Waals surface area contributed by atoms with Crippen LogP contribution in [0.1, 0.15) is 0 Å². The standard InChI is InChI=1S/C10H9BrClN3/c11-9-5-8(1-2-10(9)12)15-4-3-7(13)6-14-15/h1-5,13-14H,6H2. The van der Waals surface area contributed by atoms with Gasteiger partial charge in [0.1, 0.15) is 0 Å². The summed E-state index contributed by atoms with van der Waals surface area (Å²) in [6.45, 7) is 0.538. The highest BCUT2D eigenvalue weighted by atomic mass is 79.9. The fourth-order valence-corrected chi connectivity index (χ4v) is 1.74. The van der Waals surface area contributed by atoms with Crippen LogP contribution in [-0.4, -0.2) is 12.3 Å². The number of rotatable bonds is 1. The van der Waals surface area contributed by atoms with Gasteiger partial charge in [-0.3, -0.25) is 5.01 Å². The van der Waals surface area contributed by atoms with Gasteiger partial charge >= 0.3 is 0 Å². The molecule has 15 heavy (non-hydrogen) atoms. The summed E-state index contributed by atoms with van der Waals surface area (Å²) in [7, 11) is 0. The van der Waals surface area contributed by atoms with Gasteiger partial charge in [0.05, 0.1) is 17.3 Å². The van der Waals surface area contributed by atoms with Gasteiger partial charge in [0.2, 0.25) is 0 Å². The van der Waals surface area contributed by atoms with E-state index in [-0.39, 0.29) is 0 Å². The minimum absolute atomic E-state index is 0.538. The van der Waals surface area contributed by atoms with Crippen molar-refractivity contribution in [3.63, 3.8) is 0 Å². The van der Waals surface area contributed by atoms with Crippen molar-refractivity contribution in [2.45, 2.75) is 0 Å². The third-order valence-corrected chi connectivity index (χ3v) is 3.26. The maximum Gasteiger partial charge on any atom is 0.0583 e. The second-order valence-electron chi connectivity index (χ2n) is 3.14. The van der Waals surface area contributed by atoms with Crippen molar-refractivity contribution in [1.29, 1.82) is 5.41 Å². The highest BCUT2D eigenvalue weighted by molar-refractivity contribution is 9.10. The molecular formula is C10H9BrClN3. The first-order valence-corrected chi connectivity index (χ1v) is 5.57. The van der Waals surface area contributed by atoms with Gasteiger partial charge in [0, 0.05) is 16.4 Å². The Balaban J connectivity index is 2.27. The number of hydrogen-bond donors (Lipinski definition) is 2. The Kier molecular flexibility index (Phi) is 3.09. The molecule has 0 spiro atoms. The third kappa shape index (κ3) is 2.40. The topological polar surface area (TPSA) is 39.1 Å². The van der Waals surface area contributed by atoms with Gasteiger partial charge in [-0.15, -0.1) is 0 Å². The molecule has 0 bridgehead atoms. The van der Waals surface area contributed by atoms with Crippen molar-refractivity contribution in [1.82, 2.24) is 5.43 Å². The molecule has 1 aliphatic rings. The van der Waals surface area contributed by atoms with Crippen LogP contribution in [0.3, 0.4) is 0 Å². The van der Waals surface area contributed by atoms with E-state index in [4.69, 9.17) is 17.0 Å². The summed E-state index contributed by atoms with van der Waals surface area (Å²) in [6, 6.07) is 5.67. The first kappa shape index (κ1) is 10.7. The molecule has 1 aromatic rings. The summed E-state index contributed by atoms with van der Waals surface area (Å²) in [4.78, 5) is 0. The monoisotopic (exact) mass is 285 g/mol. The number of anilines is 1. The van der Waals surface area contributed by atoms with Crippen LogP contribution >= 0.6 is 27.5 Å². The molecule has 2 N–H and O–H groups in total. The molecule has 1 aliphatic heterocycles. The first-order chi connectivity index (χ1) is 7.16. The molecule has 3 nitrogen and oxygen atoms in total. The van der Waals surface area contributed by atoms with Crippen LogP contribution in [0.25, 0.3) is 0 Å². The van der Waals surface area contributed by atoms with Gasteiger partial charge in [-0.1, -0.05) is 11.6 Å². The zero-order valence-electron chi connectivity index (χ0n) is 7.80. The largest absolute Gasteiger partial charge is 0.304 e. The summed E-state index contributed by atoms with van der Waals surface area (Å²) in [5.41, 5.74) is 4.64. The van der Waals surface area contributed by atoms with Gasteiger partial charge in [-0.05, 0) is 40.2 Å². The normalized spacial score (nSPS) is 15.9. The molecular weight excluding hydrogens is 277 g/mol. The minimum Gasteiger partial charge on any atom is -0.304 e. The summed E-state index contributed by atoms with van der Waals surface area (Å²) >= 11 is 9.28. The quantitative estimate of drug-likeness (QED) is 0.833. The molecule has 0 aliphatic carbocycles. The maximum absolute atomic E-state index is 7.41. The average Bonchev–Trinajstić information content (AvgIpc) is 2.23. The molecule has 0 fully saturated rings. The summed E-state index contributed by atoms with van der Waals surface area (Å²) < 4.78 is 0.859.